The number of thioether (sulfide) groups is 1. The summed E-state index contributed by atoms with van der Waals surface area (Å²) in [5.74, 6) is 2.20. The third-order valence-electron chi connectivity index (χ3n) is 3.28. The Morgan fingerprint density at radius 1 is 1.17 bits per heavy atom. The van der Waals surface area contributed by atoms with Gasteiger partial charge in [0.15, 0.2) is 5.11 Å². The minimum atomic E-state index is 0.680. The van der Waals surface area contributed by atoms with E-state index in [4.69, 9.17) is 12.2 Å². The van der Waals surface area contributed by atoms with Crippen molar-refractivity contribution in [3.8, 4) is 0 Å². The number of thiocarbonyl (C=S) groups is 1. The van der Waals surface area contributed by atoms with E-state index in [1.54, 1.807) is 0 Å². The van der Waals surface area contributed by atoms with E-state index >= 15 is 0 Å². The topological polar surface area (TPSA) is 24.1 Å². The van der Waals surface area contributed by atoms with Crippen molar-refractivity contribution >= 4 is 50.7 Å². The van der Waals surface area contributed by atoms with Crippen LogP contribution in [0.4, 0.5) is 5.69 Å². The number of benzene rings is 2. The van der Waals surface area contributed by atoms with Gasteiger partial charge in [0, 0.05) is 22.5 Å². The summed E-state index contributed by atoms with van der Waals surface area (Å²) in [4.78, 5) is 0. The van der Waals surface area contributed by atoms with E-state index in [2.05, 4.69) is 69.9 Å². The predicted molar refractivity (Wildman–Crippen MR) is 110 cm³/mol. The molecule has 0 fully saturated rings. The normalized spacial score (nSPS) is 10.3. The predicted octanol–water partition coefficient (Wildman–Crippen LogP) is 5.37. The molecule has 2 N–H and O–H groups in total. The lowest BCUT2D eigenvalue weighted by atomic mass is 10.2. The van der Waals surface area contributed by atoms with Gasteiger partial charge in [0.25, 0.3) is 0 Å². The van der Waals surface area contributed by atoms with Gasteiger partial charge < -0.3 is 10.6 Å². The Morgan fingerprint density at radius 3 is 2.70 bits per heavy atom. The van der Waals surface area contributed by atoms with E-state index in [-0.39, 0.29) is 0 Å². The van der Waals surface area contributed by atoms with Crippen molar-refractivity contribution in [2.24, 2.45) is 0 Å². The summed E-state index contributed by atoms with van der Waals surface area (Å²) in [5.41, 5.74) is 3.59. The molecule has 23 heavy (non-hydrogen) atoms. The molecule has 0 aliphatic carbocycles. The molecule has 2 aromatic rings. The molecule has 0 unspecified atom stereocenters. The number of anilines is 1. The van der Waals surface area contributed by atoms with E-state index in [1.165, 1.54) is 11.1 Å². The molecule has 0 saturated carbocycles. The molecule has 0 aliphatic rings. The number of rotatable bonds is 7. The Bertz CT molecular complexity index is 632. The molecular weight excluding hydrogens is 388 g/mol. The molecule has 2 nitrogen and oxygen atoms in total. The van der Waals surface area contributed by atoms with Gasteiger partial charge in [-0.2, -0.15) is 11.8 Å². The van der Waals surface area contributed by atoms with Crippen molar-refractivity contribution in [1.82, 2.24) is 5.32 Å². The van der Waals surface area contributed by atoms with Gasteiger partial charge >= 0.3 is 0 Å². The Labute approximate surface area is 156 Å². The maximum Gasteiger partial charge on any atom is 0.170 e. The molecule has 0 aliphatic heterocycles. The molecule has 0 bridgehead atoms. The van der Waals surface area contributed by atoms with Crippen LogP contribution in [0.25, 0.3) is 0 Å². The molecule has 2 rings (SSSR count). The van der Waals surface area contributed by atoms with Gasteiger partial charge in [0.2, 0.25) is 0 Å². The Morgan fingerprint density at radius 2 is 1.96 bits per heavy atom. The Hall–Kier alpha value is -1.04. The van der Waals surface area contributed by atoms with Crippen LogP contribution in [0.3, 0.4) is 0 Å². The lowest BCUT2D eigenvalue weighted by Crippen LogP contribution is -2.29. The zero-order valence-corrected chi connectivity index (χ0v) is 16.4. The number of aryl methyl sites for hydroxylation is 1. The van der Waals surface area contributed by atoms with Crippen molar-refractivity contribution in [2.75, 3.05) is 17.6 Å². The summed E-state index contributed by atoms with van der Waals surface area (Å²) >= 11 is 10.8. The minimum absolute atomic E-state index is 0.680. The van der Waals surface area contributed by atoms with Crippen LogP contribution in [0.5, 0.6) is 0 Å². The standard InChI is InChI=1S/C18H21BrN2S2/c1-14-12-16(8-9-17(14)19)21-18(22)20-10-5-11-23-13-15-6-3-2-4-7-15/h2-4,6-9,12H,5,10-11,13H2,1H3,(H2,20,21,22). The van der Waals surface area contributed by atoms with Crippen LogP contribution in [0, 0.1) is 6.92 Å². The van der Waals surface area contributed by atoms with Crippen LogP contribution >= 0.6 is 39.9 Å². The molecule has 0 radical (unpaired) electrons. The lowest BCUT2D eigenvalue weighted by Gasteiger charge is -2.11. The lowest BCUT2D eigenvalue weighted by molar-refractivity contribution is 0.854. The first-order valence-electron chi connectivity index (χ1n) is 7.58. The molecule has 5 heteroatoms. The van der Waals surface area contributed by atoms with Gasteiger partial charge in [-0.1, -0.05) is 46.3 Å². The number of nitrogens with one attached hydrogen (secondary N) is 2. The molecule has 0 spiro atoms. The molecule has 0 saturated heterocycles. The van der Waals surface area contributed by atoms with Crippen molar-refractivity contribution in [2.45, 2.75) is 19.1 Å². The van der Waals surface area contributed by atoms with Crippen LogP contribution in [-0.2, 0) is 5.75 Å². The highest BCUT2D eigenvalue weighted by atomic mass is 79.9. The van der Waals surface area contributed by atoms with Crippen molar-refractivity contribution < 1.29 is 0 Å². The fourth-order valence-corrected chi connectivity index (χ4v) is 3.43. The third kappa shape index (κ3) is 6.94. The third-order valence-corrected chi connectivity index (χ3v) is 5.53. The van der Waals surface area contributed by atoms with Crippen LogP contribution < -0.4 is 10.6 Å². The fourth-order valence-electron chi connectivity index (χ4n) is 2.04. The summed E-state index contributed by atoms with van der Waals surface area (Å²) < 4.78 is 1.11. The minimum Gasteiger partial charge on any atom is -0.362 e. The Balaban J connectivity index is 1.58. The maximum absolute atomic E-state index is 5.33. The number of hydrogen-bond donors (Lipinski definition) is 2. The van der Waals surface area contributed by atoms with E-state index < -0.39 is 0 Å². The molecule has 122 valence electrons. The summed E-state index contributed by atoms with van der Waals surface area (Å²) in [6, 6.07) is 16.7. The Kier molecular flexibility index (Phi) is 7.92. The summed E-state index contributed by atoms with van der Waals surface area (Å²) in [6.07, 6.45) is 1.10. The summed E-state index contributed by atoms with van der Waals surface area (Å²) in [6.45, 7) is 2.96. The van der Waals surface area contributed by atoms with Gasteiger partial charge in [-0.3, -0.25) is 0 Å². The van der Waals surface area contributed by atoms with Crippen molar-refractivity contribution in [3.05, 3.63) is 64.1 Å². The van der Waals surface area contributed by atoms with Crippen LogP contribution in [-0.4, -0.2) is 17.4 Å². The number of hydrogen-bond acceptors (Lipinski definition) is 2. The smallest absolute Gasteiger partial charge is 0.170 e. The molecule has 0 atom stereocenters. The van der Waals surface area contributed by atoms with Crippen LogP contribution in [0.1, 0.15) is 17.5 Å². The fraction of sp³-hybridized carbons (Fsp3) is 0.278. The van der Waals surface area contributed by atoms with Crippen LogP contribution in [0.15, 0.2) is 53.0 Å². The van der Waals surface area contributed by atoms with Crippen molar-refractivity contribution in [1.29, 1.82) is 0 Å². The molecule has 0 amide bonds. The molecule has 0 heterocycles. The van der Waals surface area contributed by atoms with E-state index in [1.807, 2.05) is 23.9 Å². The second kappa shape index (κ2) is 9.96. The highest BCUT2D eigenvalue weighted by Crippen LogP contribution is 2.19. The van der Waals surface area contributed by atoms with Gasteiger partial charge in [0.1, 0.15) is 0 Å². The highest BCUT2D eigenvalue weighted by molar-refractivity contribution is 9.10. The van der Waals surface area contributed by atoms with E-state index in [0.717, 1.165) is 34.6 Å². The SMILES string of the molecule is Cc1cc(NC(=S)NCCCSCc2ccccc2)ccc1Br. The summed E-state index contributed by atoms with van der Waals surface area (Å²) in [5, 5.41) is 7.16. The van der Waals surface area contributed by atoms with E-state index in [9.17, 15) is 0 Å². The van der Waals surface area contributed by atoms with Crippen molar-refractivity contribution in [3.63, 3.8) is 0 Å². The summed E-state index contributed by atoms with van der Waals surface area (Å²) in [7, 11) is 0. The maximum atomic E-state index is 5.33. The second-order valence-electron chi connectivity index (χ2n) is 5.24. The first kappa shape index (κ1) is 18.3. The van der Waals surface area contributed by atoms with Gasteiger partial charge in [-0.15, -0.1) is 0 Å². The highest BCUT2D eigenvalue weighted by Gasteiger charge is 2.00. The second-order valence-corrected chi connectivity index (χ2v) is 7.60. The monoisotopic (exact) mass is 408 g/mol. The largest absolute Gasteiger partial charge is 0.362 e. The zero-order chi connectivity index (χ0) is 16.5. The van der Waals surface area contributed by atoms with E-state index in [0.29, 0.717) is 5.11 Å². The zero-order valence-electron chi connectivity index (χ0n) is 13.1. The first-order valence-corrected chi connectivity index (χ1v) is 9.93. The van der Waals surface area contributed by atoms with Gasteiger partial charge in [-0.25, -0.2) is 0 Å². The average molecular weight is 409 g/mol. The quantitative estimate of drug-likeness (QED) is 0.475. The molecule has 2 aromatic carbocycles. The molecular formula is C18H21BrN2S2. The van der Waals surface area contributed by atoms with Gasteiger partial charge in [-0.05, 0) is 60.6 Å². The first-order chi connectivity index (χ1) is 11.1. The molecule has 0 aromatic heterocycles. The average Bonchev–Trinajstić information content (AvgIpc) is 2.55. The number of halogens is 1. The van der Waals surface area contributed by atoms with Crippen LogP contribution in [0.2, 0.25) is 0 Å². The van der Waals surface area contributed by atoms with Gasteiger partial charge in [0.05, 0.1) is 0 Å².